The van der Waals surface area contributed by atoms with E-state index in [1.54, 1.807) is 12.1 Å². The quantitative estimate of drug-likeness (QED) is 0.634. The maximum Gasteiger partial charge on any atom is 0.193 e. The predicted octanol–water partition coefficient (Wildman–Crippen LogP) is 3.18. The lowest BCUT2D eigenvalue weighted by Crippen LogP contribution is -2.43. The van der Waals surface area contributed by atoms with Gasteiger partial charge in [0.1, 0.15) is 5.82 Å². The second kappa shape index (κ2) is 8.17. The average molecular weight is 347 g/mol. The van der Waals surface area contributed by atoms with Gasteiger partial charge in [0.05, 0.1) is 0 Å². The molecule has 138 valence electrons. The zero-order valence-corrected chi connectivity index (χ0v) is 15.4. The summed E-state index contributed by atoms with van der Waals surface area (Å²) < 4.78 is 19.0. The highest BCUT2D eigenvalue weighted by Gasteiger charge is 2.44. The smallest absolute Gasteiger partial charge is 0.193 e. The summed E-state index contributed by atoms with van der Waals surface area (Å²) in [5.41, 5.74) is 1.17. The molecule has 4 nitrogen and oxygen atoms in total. The van der Waals surface area contributed by atoms with Crippen molar-refractivity contribution >= 4 is 5.96 Å². The van der Waals surface area contributed by atoms with Crippen LogP contribution in [-0.2, 0) is 10.2 Å². The maximum atomic E-state index is 13.5. The van der Waals surface area contributed by atoms with E-state index in [4.69, 9.17) is 4.74 Å². The number of guanidine groups is 1. The highest BCUT2D eigenvalue weighted by molar-refractivity contribution is 5.79. The highest BCUT2D eigenvalue weighted by Crippen LogP contribution is 2.47. The summed E-state index contributed by atoms with van der Waals surface area (Å²) in [6, 6.07) is 7.03. The summed E-state index contributed by atoms with van der Waals surface area (Å²) in [4.78, 5) is 6.63. The second-order valence-corrected chi connectivity index (χ2v) is 7.46. The van der Waals surface area contributed by atoms with E-state index in [-0.39, 0.29) is 11.2 Å². The van der Waals surface area contributed by atoms with Gasteiger partial charge in [0.25, 0.3) is 0 Å². The topological polar surface area (TPSA) is 36.9 Å². The Morgan fingerprint density at radius 2 is 2.12 bits per heavy atom. The normalized spacial score (nSPS) is 20.4. The van der Waals surface area contributed by atoms with Crippen LogP contribution in [-0.4, -0.2) is 51.3 Å². The fourth-order valence-corrected chi connectivity index (χ4v) is 3.69. The molecule has 0 spiro atoms. The lowest BCUT2D eigenvalue weighted by molar-refractivity contribution is 0.0625. The highest BCUT2D eigenvalue weighted by atomic mass is 19.1. The monoisotopic (exact) mass is 347 g/mol. The minimum absolute atomic E-state index is 0.0690. The van der Waals surface area contributed by atoms with Crippen molar-refractivity contribution < 1.29 is 9.13 Å². The number of aliphatic imine (C=N–C) groups is 1. The van der Waals surface area contributed by atoms with E-state index in [9.17, 15) is 4.39 Å². The van der Waals surface area contributed by atoms with Crippen molar-refractivity contribution in [3.8, 4) is 0 Å². The Hall–Kier alpha value is -1.62. The lowest BCUT2D eigenvalue weighted by atomic mass is 9.96. The molecule has 2 fully saturated rings. The van der Waals surface area contributed by atoms with E-state index >= 15 is 0 Å². The van der Waals surface area contributed by atoms with E-state index in [2.05, 4.69) is 22.3 Å². The Balaban J connectivity index is 1.50. The van der Waals surface area contributed by atoms with Crippen molar-refractivity contribution in [2.24, 2.45) is 10.9 Å². The van der Waals surface area contributed by atoms with Crippen molar-refractivity contribution in [3.05, 3.63) is 35.6 Å². The van der Waals surface area contributed by atoms with Crippen LogP contribution in [0.3, 0.4) is 0 Å². The molecule has 1 aromatic rings. The van der Waals surface area contributed by atoms with Crippen molar-refractivity contribution in [1.29, 1.82) is 0 Å². The first kappa shape index (κ1) is 18.2. The first-order chi connectivity index (χ1) is 12.1. The fraction of sp³-hybridized carbons (Fsp3) is 0.650. The van der Waals surface area contributed by atoms with Gasteiger partial charge in [-0.25, -0.2) is 4.39 Å². The molecule has 1 saturated heterocycles. The van der Waals surface area contributed by atoms with Crippen molar-refractivity contribution in [3.63, 3.8) is 0 Å². The summed E-state index contributed by atoms with van der Waals surface area (Å²) in [7, 11) is 3.92. The molecule has 1 saturated carbocycles. The molecule has 0 unspecified atom stereocenters. The van der Waals surface area contributed by atoms with Crippen LogP contribution in [0.1, 0.15) is 37.7 Å². The van der Waals surface area contributed by atoms with Gasteiger partial charge in [0, 0.05) is 45.8 Å². The summed E-state index contributed by atoms with van der Waals surface area (Å²) >= 11 is 0. The van der Waals surface area contributed by atoms with Crippen LogP contribution in [0.2, 0.25) is 0 Å². The molecule has 3 rings (SSSR count). The fourth-order valence-electron chi connectivity index (χ4n) is 3.69. The van der Waals surface area contributed by atoms with Crippen LogP contribution in [0.4, 0.5) is 4.39 Å². The first-order valence-electron chi connectivity index (χ1n) is 9.38. The second-order valence-electron chi connectivity index (χ2n) is 7.46. The van der Waals surface area contributed by atoms with Gasteiger partial charge in [-0.1, -0.05) is 12.1 Å². The molecule has 0 aromatic heterocycles. The van der Waals surface area contributed by atoms with E-state index in [0.717, 1.165) is 56.6 Å². The largest absolute Gasteiger partial charge is 0.381 e. The zero-order valence-electron chi connectivity index (χ0n) is 15.4. The van der Waals surface area contributed by atoms with Crippen LogP contribution < -0.4 is 5.32 Å². The molecule has 1 aliphatic heterocycles. The standard InChI is InChI=1S/C20H30FN3O/c1-22-19(24(2)11-6-16-7-12-25-13-8-16)23-15-20(9-10-20)17-4-3-5-18(21)14-17/h3-5,14,16H,6-13,15H2,1-2H3,(H,22,23). The van der Waals surface area contributed by atoms with Gasteiger partial charge >= 0.3 is 0 Å². The first-order valence-corrected chi connectivity index (χ1v) is 9.38. The summed E-state index contributed by atoms with van der Waals surface area (Å²) in [6.07, 6.45) is 5.72. The Kier molecular flexibility index (Phi) is 5.94. The van der Waals surface area contributed by atoms with Crippen molar-refractivity contribution in [1.82, 2.24) is 10.2 Å². The summed E-state index contributed by atoms with van der Waals surface area (Å²) in [5.74, 6) is 1.54. The lowest BCUT2D eigenvalue weighted by Gasteiger charge is -2.28. The van der Waals surface area contributed by atoms with E-state index in [0.29, 0.717) is 0 Å². The van der Waals surface area contributed by atoms with E-state index < -0.39 is 0 Å². The summed E-state index contributed by atoms with van der Waals surface area (Å²) in [6.45, 7) is 3.61. The van der Waals surface area contributed by atoms with Crippen LogP contribution >= 0.6 is 0 Å². The molecule has 1 aliphatic carbocycles. The molecule has 0 radical (unpaired) electrons. The third kappa shape index (κ3) is 4.72. The van der Waals surface area contributed by atoms with Gasteiger partial charge in [-0.3, -0.25) is 4.99 Å². The van der Waals surface area contributed by atoms with E-state index in [1.165, 1.54) is 25.3 Å². The van der Waals surface area contributed by atoms with Gasteiger partial charge in [-0.15, -0.1) is 0 Å². The Bertz CT molecular complexity index is 594. The minimum Gasteiger partial charge on any atom is -0.381 e. The molecule has 0 bridgehead atoms. The molecule has 0 amide bonds. The zero-order chi connectivity index (χ0) is 17.7. The molecule has 1 heterocycles. The van der Waals surface area contributed by atoms with Gasteiger partial charge < -0.3 is 15.0 Å². The molecule has 1 N–H and O–H groups in total. The molecule has 0 atom stereocenters. The number of rotatable bonds is 6. The van der Waals surface area contributed by atoms with E-state index in [1.807, 2.05) is 13.1 Å². The molecule has 25 heavy (non-hydrogen) atoms. The summed E-state index contributed by atoms with van der Waals surface area (Å²) in [5, 5.41) is 3.51. The number of ether oxygens (including phenoxy) is 1. The van der Waals surface area contributed by atoms with Crippen LogP contribution in [0.25, 0.3) is 0 Å². The SMILES string of the molecule is CN=C(NCC1(c2cccc(F)c2)CC1)N(C)CCC1CCOCC1. The van der Waals surface area contributed by atoms with Crippen molar-refractivity contribution in [2.45, 2.75) is 37.5 Å². The van der Waals surface area contributed by atoms with Gasteiger partial charge in [0.15, 0.2) is 5.96 Å². The third-order valence-electron chi connectivity index (χ3n) is 5.66. The average Bonchev–Trinajstić information content (AvgIpc) is 3.42. The number of nitrogens with zero attached hydrogens (tertiary/aromatic N) is 2. The molecule has 5 heteroatoms. The van der Waals surface area contributed by atoms with Gasteiger partial charge in [-0.2, -0.15) is 0 Å². The maximum absolute atomic E-state index is 13.5. The van der Waals surface area contributed by atoms with Gasteiger partial charge in [0.2, 0.25) is 0 Å². The number of hydrogen-bond donors (Lipinski definition) is 1. The Labute approximate surface area is 150 Å². The molecule has 2 aliphatic rings. The van der Waals surface area contributed by atoms with Crippen LogP contribution in [0.15, 0.2) is 29.3 Å². The Morgan fingerprint density at radius 3 is 2.76 bits per heavy atom. The molecular weight excluding hydrogens is 317 g/mol. The van der Waals surface area contributed by atoms with Crippen LogP contribution in [0, 0.1) is 11.7 Å². The minimum atomic E-state index is -0.151. The van der Waals surface area contributed by atoms with Crippen molar-refractivity contribution in [2.75, 3.05) is 40.4 Å². The van der Waals surface area contributed by atoms with Gasteiger partial charge in [-0.05, 0) is 55.7 Å². The number of nitrogens with one attached hydrogen (secondary N) is 1. The number of benzene rings is 1. The molecular formula is C20H30FN3O. The Morgan fingerprint density at radius 1 is 1.36 bits per heavy atom. The predicted molar refractivity (Wildman–Crippen MR) is 99.5 cm³/mol. The third-order valence-corrected chi connectivity index (χ3v) is 5.66. The van der Waals surface area contributed by atoms with Crippen LogP contribution in [0.5, 0.6) is 0 Å². The number of halogens is 1. The molecule has 1 aromatic carbocycles. The number of hydrogen-bond acceptors (Lipinski definition) is 2.